The van der Waals surface area contributed by atoms with Crippen molar-refractivity contribution in [2.24, 2.45) is 0 Å². The molecule has 1 aliphatic heterocycles. The first kappa shape index (κ1) is 26.5. The van der Waals surface area contributed by atoms with Gasteiger partial charge in [-0.15, -0.1) is 0 Å². The summed E-state index contributed by atoms with van der Waals surface area (Å²) in [4.78, 5) is 39.2. The molecule has 2 atom stereocenters. The first-order chi connectivity index (χ1) is 18.4. The van der Waals surface area contributed by atoms with E-state index in [4.69, 9.17) is 14.7 Å². The Morgan fingerprint density at radius 1 is 1.03 bits per heavy atom. The summed E-state index contributed by atoms with van der Waals surface area (Å²) in [6.07, 6.45) is -3.13. The molecule has 3 aromatic carbocycles. The van der Waals surface area contributed by atoms with Crippen molar-refractivity contribution in [3.05, 3.63) is 90.0 Å². The number of hydrogen-bond donors (Lipinski definition) is 3. The molecule has 4 rings (SSSR count). The highest BCUT2D eigenvalue weighted by Crippen LogP contribution is 2.23. The van der Waals surface area contributed by atoms with E-state index < -0.39 is 24.0 Å². The number of rotatable bonds is 9. The van der Waals surface area contributed by atoms with Crippen molar-refractivity contribution in [2.45, 2.75) is 18.8 Å². The molecule has 10 heteroatoms. The zero-order valence-electron chi connectivity index (χ0n) is 20.4. The molecule has 1 heterocycles. The third-order valence-electron chi connectivity index (χ3n) is 5.77. The van der Waals surface area contributed by atoms with Gasteiger partial charge in [0.25, 0.3) is 11.8 Å². The van der Waals surface area contributed by atoms with Gasteiger partial charge >= 0.3 is 0 Å². The van der Waals surface area contributed by atoms with Crippen molar-refractivity contribution < 1.29 is 29.0 Å². The lowest BCUT2D eigenvalue weighted by molar-refractivity contribution is -0.150. The van der Waals surface area contributed by atoms with E-state index in [2.05, 4.69) is 10.6 Å². The fourth-order valence-electron chi connectivity index (χ4n) is 3.83. The van der Waals surface area contributed by atoms with Crippen molar-refractivity contribution in [1.82, 2.24) is 0 Å². The summed E-state index contributed by atoms with van der Waals surface area (Å²) in [5, 5.41) is 24.7. The minimum atomic E-state index is -1.74. The molecule has 0 aliphatic carbocycles. The summed E-state index contributed by atoms with van der Waals surface area (Å²) in [5.41, 5.74) is 2.82. The second-order valence-corrected chi connectivity index (χ2v) is 8.48. The average molecular weight is 515 g/mol. The number of aliphatic hydroxyl groups excluding tert-OH is 1. The molecule has 1 aliphatic rings. The smallest absolute Gasteiger partial charge is 0.259 e. The van der Waals surface area contributed by atoms with Gasteiger partial charge < -0.3 is 30.1 Å². The molecule has 194 valence electrons. The van der Waals surface area contributed by atoms with Crippen LogP contribution in [0.2, 0.25) is 0 Å². The maximum absolute atomic E-state index is 13.0. The van der Waals surface area contributed by atoms with Crippen molar-refractivity contribution in [2.75, 3.05) is 35.3 Å². The Labute approximate surface area is 219 Å². The van der Waals surface area contributed by atoms with E-state index in [1.54, 1.807) is 24.3 Å². The lowest BCUT2D eigenvalue weighted by Gasteiger charge is -2.34. The molecule has 3 amide bonds. The second-order valence-electron chi connectivity index (χ2n) is 8.48. The van der Waals surface area contributed by atoms with Crippen LogP contribution in [0, 0.1) is 11.3 Å². The number of nitrogens with one attached hydrogen (secondary N) is 2. The number of nitriles is 1. The lowest BCUT2D eigenvalue weighted by atomic mass is 10.1. The zero-order valence-corrected chi connectivity index (χ0v) is 20.4. The van der Waals surface area contributed by atoms with Gasteiger partial charge in [-0.05, 0) is 54.1 Å². The molecular weight excluding hydrogens is 488 g/mol. The first-order valence-electron chi connectivity index (χ1n) is 11.9. The molecule has 1 fully saturated rings. The Kier molecular flexibility index (Phi) is 8.79. The van der Waals surface area contributed by atoms with Gasteiger partial charge in [0, 0.05) is 23.6 Å². The summed E-state index contributed by atoms with van der Waals surface area (Å²) in [7, 11) is 0. The largest absolute Gasteiger partial charge is 0.380 e. The van der Waals surface area contributed by atoms with Crippen LogP contribution in [0.1, 0.15) is 11.1 Å². The molecule has 0 bridgehead atoms. The quantitative estimate of drug-likeness (QED) is 0.398. The van der Waals surface area contributed by atoms with Gasteiger partial charge in [0.05, 0.1) is 24.8 Å². The minimum Gasteiger partial charge on any atom is -0.380 e. The van der Waals surface area contributed by atoms with Gasteiger partial charge in [0.15, 0.2) is 12.2 Å². The Hall–Kier alpha value is -4.56. The van der Waals surface area contributed by atoms with Gasteiger partial charge in [-0.3, -0.25) is 14.4 Å². The monoisotopic (exact) mass is 514 g/mol. The van der Waals surface area contributed by atoms with Crippen LogP contribution in [-0.4, -0.2) is 54.8 Å². The van der Waals surface area contributed by atoms with Crippen molar-refractivity contribution >= 4 is 34.8 Å². The number of carbonyl (C=O) groups excluding carboxylic acids is 3. The van der Waals surface area contributed by atoms with Gasteiger partial charge in [0.1, 0.15) is 6.61 Å². The normalized spacial score (nSPS) is 15.8. The molecule has 10 nitrogen and oxygen atoms in total. The highest BCUT2D eigenvalue weighted by Gasteiger charge is 2.39. The number of carbonyl (C=O) groups is 3. The molecule has 3 aromatic rings. The summed E-state index contributed by atoms with van der Waals surface area (Å²) < 4.78 is 10.9. The maximum Gasteiger partial charge on any atom is 0.259 e. The number of benzene rings is 3. The van der Waals surface area contributed by atoms with Crippen LogP contribution >= 0.6 is 0 Å². The molecular formula is C28H26N4O6. The van der Waals surface area contributed by atoms with Gasteiger partial charge in [0.2, 0.25) is 5.91 Å². The summed E-state index contributed by atoms with van der Waals surface area (Å²) in [5.74, 6) is -1.68. The average Bonchev–Trinajstić information content (AvgIpc) is 2.94. The topological polar surface area (TPSA) is 141 Å². The number of aliphatic hydroxyl groups is 1. The molecule has 0 saturated carbocycles. The van der Waals surface area contributed by atoms with Crippen molar-refractivity contribution in [1.29, 1.82) is 5.26 Å². The minimum absolute atomic E-state index is 0.108. The fourth-order valence-corrected chi connectivity index (χ4v) is 3.83. The van der Waals surface area contributed by atoms with E-state index in [0.29, 0.717) is 29.2 Å². The van der Waals surface area contributed by atoms with Gasteiger partial charge in [-0.25, -0.2) is 0 Å². The number of hydrogen-bond acceptors (Lipinski definition) is 7. The molecule has 0 radical (unpaired) electrons. The molecule has 1 saturated heterocycles. The van der Waals surface area contributed by atoms with E-state index in [1.165, 1.54) is 29.2 Å². The van der Waals surface area contributed by atoms with Crippen molar-refractivity contribution in [3.8, 4) is 6.07 Å². The number of anilines is 3. The Balaban J connectivity index is 1.30. The van der Waals surface area contributed by atoms with Crippen LogP contribution in [0.15, 0.2) is 78.9 Å². The SMILES string of the molecule is N#Cc1ccc(NC(=O)[C@H](O)[C@H]2OCCN(c3ccc(NC(=O)COCc4ccccc4)cc3)C2=O)cc1. The number of nitrogens with zero attached hydrogens (tertiary/aromatic N) is 2. The highest BCUT2D eigenvalue weighted by atomic mass is 16.5. The number of ether oxygens (including phenoxy) is 2. The summed E-state index contributed by atoms with van der Waals surface area (Å²) in [6, 6.07) is 24.2. The second kappa shape index (κ2) is 12.6. The van der Waals surface area contributed by atoms with E-state index in [0.717, 1.165) is 5.56 Å². The van der Waals surface area contributed by atoms with Gasteiger partial charge in [-0.2, -0.15) is 5.26 Å². The van der Waals surface area contributed by atoms with Gasteiger partial charge in [-0.1, -0.05) is 30.3 Å². The van der Waals surface area contributed by atoms with Crippen LogP contribution in [0.5, 0.6) is 0 Å². The van der Waals surface area contributed by atoms with E-state index in [1.807, 2.05) is 36.4 Å². The van der Waals surface area contributed by atoms with Crippen LogP contribution in [0.3, 0.4) is 0 Å². The Morgan fingerprint density at radius 2 is 1.68 bits per heavy atom. The van der Waals surface area contributed by atoms with E-state index in [-0.39, 0.29) is 25.7 Å². The van der Waals surface area contributed by atoms with Crippen LogP contribution in [0.4, 0.5) is 17.1 Å². The molecule has 0 spiro atoms. The first-order valence-corrected chi connectivity index (χ1v) is 11.9. The number of amides is 3. The van der Waals surface area contributed by atoms with Crippen LogP contribution in [-0.2, 0) is 30.5 Å². The Morgan fingerprint density at radius 3 is 2.37 bits per heavy atom. The predicted octanol–water partition coefficient (Wildman–Crippen LogP) is 2.44. The zero-order chi connectivity index (χ0) is 26.9. The number of morpholine rings is 1. The summed E-state index contributed by atoms with van der Waals surface area (Å²) in [6.45, 7) is 0.570. The van der Waals surface area contributed by atoms with Crippen molar-refractivity contribution in [3.63, 3.8) is 0 Å². The maximum atomic E-state index is 13.0. The predicted molar refractivity (Wildman–Crippen MR) is 139 cm³/mol. The van der Waals surface area contributed by atoms with Crippen LogP contribution in [0.25, 0.3) is 0 Å². The van der Waals surface area contributed by atoms with E-state index >= 15 is 0 Å². The summed E-state index contributed by atoms with van der Waals surface area (Å²) >= 11 is 0. The fraction of sp³-hybridized carbons (Fsp3) is 0.214. The molecule has 3 N–H and O–H groups in total. The third-order valence-corrected chi connectivity index (χ3v) is 5.77. The Bertz CT molecular complexity index is 1310. The standard InChI is InChI=1S/C28H26N4O6/c29-16-19-6-8-22(9-7-19)31-27(35)25(34)26-28(36)32(14-15-38-26)23-12-10-21(11-13-23)30-24(33)18-37-17-20-4-2-1-3-5-20/h1-13,25-26,34H,14-15,17-18H2,(H,30,33)(H,31,35)/t25-,26-/m1/s1. The highest BCUT2D eigenvalue weighted by molar-refractivity contribution is 6.04. The van der Waals surface area contributed by atoms with Crippen LogP contribution < -0.4 is 15.5 Å². The molecule has 0 unspecified atom stereocenters. The lowest BCUT2D eigenvalue weighted by Crippen LogP contribution is -2.55. The van der Waals surface area contributed by atoms with E-state index in [9.17, 15) is 19.5 Å². The molecule has 0 aromatic heterocycles. The molecule has 38 heavy (non-hydrogen) atoms. The third kappa shape index (κ3) is 6.80.